The van der Waals surface area contributed by atoms with Gasteiger partial charge in [-0.05, 0) is 43.2 Å². The largest absolute Gasteiger partial charge is 0.301 e. The molecule has 2 aromatic heterocycles. The zero-order chi connectivity index (χ0) is 22.1. The van der Waals surface area contributed by atoms with Crippen molar-refractivity contribution in [3.05, 3.63) is 71.4 Å². The summed E-state index contributed by atoms with van der Waals surface area (Å²) in [6, 6.07) is 13.4. The topological polar surface area (TPSA) is 72.7 Å². The molecule has 1 aliphatic carbocycles. The Morgan fingerprint density at radius 1 is 1.12 bits per heavy atom. The minimum absolute atomic E-state index is 0.135. The van der Waals surface area contributed by atoms with E-state index >= 15 is 0 Å². The fraction of sp³-hybridized carbons (Fsp3) is 0.182. The third-order valence-electron chi connectivity index (χ3n) is 4.91. The van der Waals surface area contributed by atoms with Crippen LogP contribution < -0.4 is 5.32 Å². The SMILES string of the molecule is O=C(CSc1nnc(C2CC2)n1-c1ccccc1)Nc1nc(-c2ccc(F)c(F)c2)cs1. The van der Waals surface area contributed by atoms with E-state index < -0.39 is 11.6 Å². The Labute approximate surface area is 190 Å². The summed E-state index contributed by atoms with van der Waals surface area (Å²) in [6.07, 6.45) is 2.20. The lowest BCUT2D eigenvalue weighted by molar-refractivity contribution is -0.113. The van der Waals surface area contributed by atoms with Crippen LogP contribution in [0, 0.1) is 11.6 Å². The third kappa shape index (κ3) is 4.42. The van der Waals surface area contributed by atoms with Crippen LogP contribution >= 0.6 is 23.1 Å². The number of thioether (sulfide) groups is 1. The monoisotopic (exact) mass is 469 g/mol. The van der Waals surface area contributed by atoms with E-state index in [0.29, 0.717) is 27.5 Å². The number of amides is 1. The number of para-hydroxylation sites is 1. The van der Waals surface area contributed by atoms with Crippen molar-refractivity contribution in [2.45, 2.75) is 23.9 Å². The second-order valence-electron chi connectivity index (χ2n) is 7.29. The fourth-order valence-electron chi connectivity index (χ4n) is 3.21. The molecule has 0 aliphatic heterocycles. The second kappa shape index (κ2) is 8.79. The highest BCUT2D eigenvalue weighted by Gasteiger charge is 2.31. The molecule has 1 fully saturated rings. The maximum Gasteiger partial charge on any atom is 0.236 e. The Morgan fingerprint density at radius 3 is 2.69 bits per heavy atom. The van der Waals surface area contributed by atoms with E-state index in [2.05, 4.69) is 20.5 Å². The summed E-state index contributed by atoms with van der Waals surface area (Å²) in [7, 11) is 0. The lowest BCUT2D eigenvalue weighted by Crippen LogP contribution is -2.14. The number of hydrogen-bond donors (Lipinski definition) is 1. The van der Waals surface area contributed by atoms with E-state index in [-0.39, 0.29) is 11.7 Å². The number of nitrogens with zero attached hydrogens (tertiary/aromatic N) is 4. The summed E-state index contributed by atoms with van der Waals surface area (Å²) < 4.78 is 28.6. The molecular formula is C22H17F2N5OS2. The molecule has 1 saturated carbocycles. The number of thiazole rings is 1. The summed E-state index contributed by atoms with van der Waals surface area (Å²) in [5, 5.41) is 14.2. The number of rotatable bonds is 7. The predicted molar refractivity (Wildman–Crippen MR) is 120 cm³/mol. The van der Waals surface area contributed by atoms with Crippen LogP contribution in [0.3, 0.4) is 0 Å². The van der Waals surface area contributed by atoms with Crippen molar-refractivity contribution >= 4 is 34.1 Å². The Hall–Kier alpha value is -3.11. The molecule has 10 heteroatoms. The van der Waals surface area contributed by atoms with Crippen molar-refractivity contribution in [3.63, 3.8) is 0 Å². The molecule has 0 spiro atoms. The maximum atomic E-state index is 13.5. The molecule has 0 unspecified atom stereocenters. The predicted octanol–water partition coefficient (Wildman–Crippen LogP) is 5.28. The van der Waals surface area contributed by atoms with Crippen LogP contribution in [0.25, 0.3) is 16.9 Å². The number of halogens is 2. The summed E-state index contributed by atoms with van der Waals surface area (Å²) in [5.74, 6) is -0.619. The third-order valence-corrected chi connectivity index (χ3v) is 6.60. The lowest BCUT2D eigenvalue weighted by Gasteiger charge is -2.09. The van der Waals surface area contributed by atoms with Gasteiger partial charge in [0, 0.05) is 22.5 Å². The average Bonchev–Trinajstić information content (AvgIpc) is 3.39. The average molecular weight is 470 g/mol. The first-order chi connectivity index (χ1) is 15.6. The van der Waals surface area contributed by atoms with Gasteiger partial charge in [0.1, 0.15) is 5.82 Å². The number of carbonyl (C=O) groups excluding carboxylic acids is 1. The van der Waals surface area contributed by atoms with Gasteiger partial charge in [-0.3, -0.25) is 9.36 Å². The lowest BCUT2D eigenvalue weighted by atomic mass is 10.2. The first-order valence-electron chi connectivity index (χ1n) is 9.93. The van der Waals surface area contributed by atoms with Crippen molar-refractivity contribution in [2.75, 3.05) is 11.1 Å². The molecule has 0 atom stereocenters. The normalized spacial score (nSPS) is 13.3. The number of nitrogens with one attached hydrogen (secondary N) is 1. The van der Waals surface area contributed by atoms with Gasteiger partial charge in [0.05, 0.1) is 11.4 Å². The number of hydrogen-bond acceptors (Lipinski definition) is 6. The summed E-state index contributed by atoms with van der Waals surface area (Å²) >= 11 is 2.52. The highest BCUT2D eigenvalue weighted by Crippen LogP contribution is 2.41. The molecule has 5 rings (SSSR count). The van der Waals surface area contributed by atoms with Crippen LogP contribution in [-0.2, 0) is 4.79 Å². The van der Waals surface area contributed by atoms with Gasteiger partial charge in [-0.1, -0.05) is 30.0 Å². The van der Waals surface area contributed by atoms with Crippen LogP contribution in [0.5, 0.6) is 0 Å². The van der Waals surface area contributed by atoms with Crippen LogP contribution in [0.2, 0.25) is 0 Å². The molecule has 1 N–H and O–H groups in total. The fourth-order valence-corrected chi connectivity index (χ4v) is 4.70. The number of benzene rings is 2. The van der Waals surface area contributed by atoms with Gasteiger partial charge >= 0.3 is 0 Å². The summed E-state index contributed by atoms with van der Waals surface area (Å²) in [5.41, 5.74) is 1.88. The summed E-state index contributed by atoms with van der Waals surface area (Å²) in [6.45, 7) is 0. The quantitative estimate of drug-likeness (QED) is 0.373. The van der Waals surface area contributed by atoms with Crippen LogP contribution in [0.15, 0.2) is 59.1 Å². The first-order valence-corrected chi connectivity index (χ1v) is 11.8. The number of carbonyl (C=O) groups is 1. The molecule has 0 saturated heterocycles. The highest BCUT2D eigenvalue weighted by molar-refractivity contribution is 7.99. The van der Waals surface area contributed by atoms with Crippen LogP contribution in [0.4, 0.5) is 13.9 Å². The first kappa shape index (κ1) is 20.8. The zero-order valence-electron chi connectivity index (χ0n) is 16.7. The van der Waals surface area contributed by atoms with E-state index in [9.17, 15) is 13.6 Å². The molecule has 0 radical (unpaired) electrons. The maximum absolute atomic E-state index is 13.5. The van der Waals surface area contributed by atoms with Crippen LogP contribution in [0.1, 0.15) is 24.6 Å². The Balaban J connectivity index is 1.26. The summed E-state index contributed by atoms with van der Waals surface area (Å²) in [4.78, 5) is 16.8. The Morgan fingerprint density at radius 2 is 1.94 bits per heavy atom. The Kier molecular flexibility index (Phi) is 5.71. The second-order valence-corrected chi connectivity index (χ2v) is 9.09. The van der Waals surface area contributed by atoms with E-state index in [1.54, 1.807) is 5.38 Å². The molecule has 1 amide bonds. The van der Waals surface area contributed by atoms with E-state index in [1.165, 1.54) is 29.2 Å². The van der Waals surface area contributed by atoms with Gasteiger partial charge < -0.3 is 5.32 Å². The Bertz CT molecular complexity index is 1270. The molecular weight excluding hydrogens is 452 g/mol. The minimum atomic E-state index is -0.939. The van der Waals surface area contributed by atoms with E-state index in [1.807, 2.05) is 34.9 Å². The smallest absolute Gasteiger partial charge is 0.236 e. The molecule has 6 nitrogen and oxygen atoms in total. The van der Waals surface area contributed by atoms with Crippen molar-refractivity contribution < 1.29 is 13.6 Å². The van der Waals surface area contributed by atoms with Crippen molar-refractivity contribution in [1.82, 2.24) is 19.7 Å². The van der Waals surface area contributed by atoms with Crippen molar-refractivity contribution in [1.29, 1.82) is 0 Å². The molecule has 2 aromatic carbocycles. The van der Waals surface area contributed by atoms with Crippen molar-refractivity contribution in [2.24, 2.45) is 0 Å². The molecule has 0 bridgehead atoms. The van der Waals surface area contributed by atoms with Gasteiger partial charge in [0.15, 0.2) is 21.9 Å². The minimum Gasteiger partial charge on any atom is -0.301 e. The standard InChI is InChI=1S/C22H17F2N5OS2/c23-16-9-8-14(10-17(16)24)18-11-31-21(25-18)26-19(30)12-32-22-28-27-20(13-6-7-13)29(22)15-4-2-1-3-5-15/h1-5,8-11,13H,6-7,12H2,(H,25,26,30). The number of anilines is 1. The van der Waals surface area contributed by atoms with Gasteiger partial charge in [-0.15, -0.1) is 21.5 Å². The van der Waals surface area contributed by atoms with Gasteiger partial charge in [0.25, 0.3) is 0 Å². The zero-order valence-corrected chi connectivity index (χ0v) is 18.3. The molecule has 32 heavy (non-hydrogen) atoms. The van der Waals surface area contributed by atoms with Crippen LogP contribution in [-0.4, -0.2) is 31.4 Å². The molecule has 1 aliphatic rings. The highest BCUT2D eigenvalue weighted by atomic mass is 32.2. The van der Waals surface area contributed by atoms with E-state index in [0.717, 1.165) is 36.5 Å². The molecule has 2 heterocycles. The van der Waals surface area contributed by atoms with Crippen molar-refractivity contribution in [3.8, 4) is 16.9 Å². The molecule has 162 valence electrons. The van der Waals surface area contributed by atoms with Gasteiger partial charge in [0.2, 0.25) is 5.91 Å². The van der Waals surface area contributed by atoms with Gasteiger partial charge in [-0.25, -0.2) is 13.8 Å². The number of aromatic nitrogens is 4. The van der Waals surface area contributed by atoms with Gasteiger partial charge in [-0.2, -0.15) is 0 Å². The molecule has 4 aromatic rings. The van der Waals surface area contributed by atoms with E-state index in [4.69, 9.17) is 0 Å².